The first-order valence-electron chi connectivity index (χ1n) is 9.59. The van der Waals surface area contributed by atoms with E-state index in [1.165, 1.54) is 14.2 Å². The molecule has 0 N–H and O–H groups in total. The number of rotatable bonds is 5. The molecule has 0 amide bonds. The molecule has 156 valence electrons. The second-order valence-corrected chi connectivity index (χ2v) is 6.88. The molecule has 0 fully saturated rings. The van der Waals surface area contributed by atoms with Gasteiger partial charge in [-0.2, -0.15) is 0 Å². The maximum atomic E-state index is 13.3. The van der Waals surface area contributed by atoms with Crippen molar-refractivity contribution in [2.75, 3.05) is 14.2 Å². The van der Waals surface area contributed by atoms with Gasteiger partial charge in [0.1, 0.15) is 22.6 Å². The van der Waals surface area contributed by atoms with E-state index in [2.05, 4.69) is 0 Å². The second kappa shape index (κ2) is 8.36. The number of fused-ring (bicyclic) bond motifs is 1. The molecule has 4 rings (SSSR count). The standard InChI is InChI=1S/C25H20O6/c1-15-12-13-17-20(14-15)30-23(16-8-5-4-6-9-16)24(22(17)26)31-25(27)21-18(28-2)10-7-11-19(21)29-3/h4-14H,1-3H3. The van der Waals surface area contributed by atoms with Crippen LogP contribution in [0.5, 0.6) is 17.2 Å². The van der Waals surface area contributed by atoms with Gasteiger partial charge in [-0.15, -0.1) is 0 Å². The van der Waals surface area contributed by atoms with Crippen molar-refractivity contribution >= 4 is 16.9 Å². The van der Waals surface area contributed by atoms with Gasteiger partial charge in [-0.3, -0.25) is 4.79 Å². The largest absolute Gasteiger partial charge is 0.496 e. The average Bonchev–Trinajstić information content (AvgIpc) is 2.80. The van der Waals surface area contributed by atoms with E-state index >= 15 is 0 Å². The van der Waals surface area contributed by atoms with Crippen LogP contribution in [-0.2, 0) is 0 Å². The number of ether oxygens (including phenoxy) is 3. The first-order valence-corrected chi connectivity index (χ1v) is 9.59. The summed E-state index contributed by atoms with van der Waals surface area (Å²) in [5.41, 5.74) is 1.60. The van der Waals surface area contributed by atoms with Crippen molar-refractivity contribution in [3.8, 4) is 28.6 Å². The molecule has 3 aromatic carbocycles. The molecule has 0 saturated heterocycles. The molecule has 1 heterocycles. The van der Waals surface area contributed by atoms with Crippen molar-refractivity contribution in [3.05, 3.63) is 88.1 Å². The molecule has 4 aromatic rings. The minimum atomic E-state index is -0.787. The molecule has 0 radical (unpaired) electrons. The van der Waals surface area contributed by atoms with Gasteiger partial charge in [-0.1, -0.05) is 42.5 Å². The van der Waals surface area contributed by atoms with Gasteiger partial charge >= 0.3 is 5.97 Å². The molecule has 1 aromatic heterocycles. The number of benzene rings is 3. The molecule has 6 heteroatoms. The molecule has 31 heavy (non-hydrogen) atoms. The Morgan fingerprint density at radius 2 is 1.55 bits per heavy atom. The summed E-state index contributed by atoms with van der Waals surface area (Å²) in [4.78, 5) is 26.4. The molecule has 0 unspecified atom stereocenters. The second-order valence-electron chi connectivity index (χ2n) is 6.88. The van der Waals surface area contributed by atoms with Gasteiger partial charge in [-0.25, -0.2) is 4.79 Å². The summed E-state index contributed by atoms with van der Waals surface area (Å²) < 4.78 is 22.3. The first-order chi connectivity index (χ1) is 15.0. The Morgan fingerprint density at radius 3 is 2.19 bits per heavy atom. The Bertz CT molecular complexity index is 1300. The van der Waals surface area contributed by atoms with Gasteiger partial charge in [0.2, 0.25) is 11.2 Å². The molecule has 0 saturated carbocycles. The molecule has 0 atom stereocenters. The van der Waals surface area contributed by atoms with Crippen LogP contribution < -0.4 is 19.6 Å². The summed E-state index contributed by atoms with van der Waals surface area (Å²) in [6, 6.07) is 19.2. The lowest BCUT2D eigenvalue weighted by Gasteiger charge is -2.14. The average molecular weight is 416 g/mol. The van der Waals surface area contributed by atoms with Crippen molar-refractivity contribution in [1.82, 2.24) is 0 Å². The highest BCUT2D eigenvalue weighted by Crippen LogP contribution is 2.34. The monoisotopic (exact) mass is 416 g/mol. The third-order valence-electron chi connectivity index (χ3n) is 4.87. The Labute approximate surface area is 178 Å². The summed E-state index contributed by atoms with van der Waals surface area (Å²) in [5, 5.41) is 0.320. The van der Waals surface area contributed by atoms with Gasteiger partial charge in [0.25, 0.3) is 0 Å². The molecule has 0 aliphatic rings. The highest BCUT2D eigenvalue weighted by molar-refractivity contribution is 5.98. The molecule has 6 nitrogen and oxygen atoms in total. The van der Waals surface area contributed by atoms with Gasteiger partial charge < -0.3 is 18.6 Å². The fourth-order valence-electron chi connectivity index (χ4n) is 3.35. The highest BCUT2D eigenvalue weighted by Gasteiger charge is 2.25. The SMILES string of the molecule is COc1cccc(OC)c1C(=O)Oc1c(-c2ccccc2)oc2cc(C)ccc2c1=O. The Balaban J connectivity index is 1.92. The van der Waals surface area contributed by atoms with E-state index in [0.717, 1.165) is 5.56 Å². The number of hydrogen-bond donors (Lipinski definition) is 0. The first kappa shape index (κ1) is 20.2. The lowest BCUT2D eigenvalue weighted by molar-refractivity contribution is 0.0724. The predicted octanol–water partition coefficient (Wildman–Crippen LogP) is 5.00. The van der Waals surface area contributed by atoms with Crippen LogP contribution in [0.3, 0.4) is 0 Å². The third-order valence-corrected chi connectivity index (χ3v) is 4.87. The van der Waals surface area contributed by atoms with E-state index in [9.17, 15) is 9.59 Å². The Kier molecular flexibility index (Phi) is 5.45. The van der Waals surface area contributed by atoms with Crippen molar-refractivity contribution in [2.24, 2.45) is 0 Å². The van der Waals surface area contributed by atoms with Crippen LogP contribution >= 0.6 is 0 Å². The summed E-state index contributed by atoms with van der Waals surface area (Å²) in [7, 11) is 2.88. The topological polar surface area (TPSA) is 75.0 Å². The van der Waals surface area contributed by atoms with Crippen molar-refractivity contribution < 1.29 is 23.4 Å². The number of aryl methyl sites for hydroxylation is 1. The lowest BCUT2D eigenvalue weighted by atomic mass is 10.1. The Morgan fingerprint density at radius 1 is 0.871 bits per heavy atom. The van der Waals surface area contributed by atoms with Gasteiger partial charge in [-0.05, 0) is 36.8 Å². The van der Waals surface area contributed by atoms with Crippen molar-refractivity contribution in [3.63, 3.8) is 0 Å². The normalized spacial score (nSPS) is 10.7. The molecule has 0 spiro atoms. The fourth-order valence-corrected chi connectivity index (χ4v) is 3.35. The number of carbonyl (C=O) groups is 1. The lowest BCUT2D eigenvalue weighted by Crippen LogP contribution is -2.17. The molecular formula is C25H20O6. The summed E-state index contributed by atoms with van der Waals surface area (Å²) in [5.74, 6) is -0.269. The number of carbonyl (C=O) groups excluding carboxylic acids is 1. The van der Waals surface area contributed by atoms with Crippen LogP contribution in [0.2, 0.25) is 0 Å². The third kappa shape index (κ3) is 3.75. The Hall–Kier alpha value is -4.06. The summed E-state index contributed by atoms with van der Waals surface area (Å²) >= 11 is 0. The minimum absolute atomic E-state index is 0.0786. The zero-order valence-electron chi connectivity index (χ0n) is 17.3. The molecule has 0 aliphatic heterocycles. The van der Waals surface area contributed by atoms with Crippen molar-refractivity contribution in [2.45, 2.75) is 6.92 Å². The van der Waals surface area contributed by atoms with Crippen molar-refractivity contribution in [1.29, 1.82) is 0 Å². The molecule has 0 bridgehead atoms. The van der Waals surface area contributed by atoms with Crippen LogP contribution in [0.1, 0.15) is 15.9 Å². The van der Waals surface area contributed by atoms with E-state index in [4.69, 9.17) is 18.6 Å². The van der Waals surface area contributed by atoms with Crippen LogP contribution in [0.15, 0.2) is 75.9 Å². The summed E-state index contributed by atoms with van der Waals surface area (Å²) in [6.45, 7) is 1.91. The number of methoxy groups -OCH3 is 2. The van der Waals surface area contributed by atoms with Crippen LogP contribution in [0.25, 0.3) is 22.3 Å². The molecular weight excluding hydrogens is 396 g/mol. The zero-order valence-corrected chi connectivity index (χ0v) is 17.3. The van der Waals surface area contributed by atoms with E-state index in [1.807, 2.05) is 25.1 Å². The van der Waals surface area contributed by atoms with E-state index in [-0.39, 0.29) is 28.6 Å². The smallest absolute Gasteiger partial charge is 0.351 e. The summed E-state index contributed by atoms with van der Waals surface area (Å²) in [6.07, 6.45) is 0. The minimum Gasteiger partial charge on any atom is -0.496 e. The van der Waals surface area contributed by atoms with Crippen LogP contribution in [0.4, 0.5) is 0 Å². The van der Waals surface area contributed by atoms with Gasteiger partial charge in [0.05, 0.1) is 19.6 Å². The van der Waals surface area contributed by atoms with Crippen LogP contribution in [0, 0.1) is 6.92 Å². The van der Waals surface area contributed by atoms with Crippen LogP contribution in [-0.4, -0.2) is 20.2 Å². The van der Waals surface area contributed by atoms with E-state index in [1.54, 1.807) is 48.5 Å². The fraction of sp³-hybridized carbons (Fsp3) is 0.120. The quantitative estimate of drug-likeness (QED) is 0.426. The zero-order chi connectivity index (χ0) is 22.0. The van der Waals surface area contributed by atoms with E-state index < -0.39 is 11.4 Å². The maximum Gasteiger partial charge on any atom is 0.351 e. The van der Waals surface area contributed by atoms with Gasteiger partial charge in [0, 0.05) is 5.56 Å². The number of hydrogen-bond acceptors (Lipinski definition) is 6. The highest BCUT2D eigenvalue weighted by atomic mass is 16.5. The van der Waals surface area contributed by atoms with E-state index in [0.29, 0.717) is 16.5 Å². The predicted molar refractivity (Wildman–Crippen MR) is 117 cm³/mol. The number of esters is 1. The van der Waals surface area contributed by atoms with Gasteiger partial charge in [0.15, 0.2) is 5.76 Å². The maximum absolute atomic E-state index is 13.3. The molecule has 0 aliphatic carbocycles.